The first-order valence-electron chi connectivity index (χ1n) is 13.2. The number of nitrogens with zero attached hydrogens (tertiary/aromatic N) is 3. The molecule has 1 N–H and O–H groups in total. The van der Waals surface area contributed by atoms with Gasteiger partial charge in [-0.2, -0.15) is 0 Å². The van der Waals surface area contributed by atoms with E-state index in [0.29, 0.717) is 24.6 Å². The van der Waals surface area contributed by atoms with E-state index < -0.39 is 5.60 Å². The quantitative estimate of drug-likeness (QED) is 0.684. The molecular weight excluding hydrogens is 444 g/mol. The molecule has 3 aliphatic rings. The van der Waals surface area contributed by atoms with Gasteiger partial charge in [-0.3, -0.25) is 4.90 Å². The lowest BCUT2D eigenvalue weighted by Crippen LogP contribution is -2.58. The largest absolute Gasteiger partial charge is 0.445 e. The number of piperidine rings is 1. The van der Waals surface area contributed by atoms with Gasteiger partial charge < -0.3 is 24.6 Å². The summed E-state index contributed by atoms with van der Waals surface area (Å²) in [6.45, 7) is 12.1. The summed E-state index contributed by atoms with van der Waals surface area (Å²) in [6.07, 6.45) is 3.68. The number of carbonyl (C=O) groups is 2. The fourth-order valence-electron chi connectivity index (χ4n) is 5.57. The topological polar surface area (TPSA) is 74.4 Å². The highest BCUT2D eigenvalue weighted by Crippen LogP contribution is 2.28. The molecule has 2 amide bonds. The zero-order chi connectivity index (χ0) is 24.8. The summed E-state index contributed by atoms with van der Waals surface area (Å²) in [4.78, 5) is 31.4. The monoisotopic (exact) mass is 486 g/mol. The summed E-state index contributed by atoms with van der Waals surface area (Å²) < 4.78 is 11.1. The van der Waals surface area contributed by atoms with E-state index in [9.17, 15) is 9.59 Å². The molecule has 0 aliphatic carbocycles. The molecule has 1 aromatic carbocycles. The zero-order valence-corrected chi connectivity index (χ0v) is 21.6. The highest BCUT2D eigenvalue weighted by atomic mass is 16.6. The van der Waals surface area contributed by atoms with Crippen molar-refractivity contribution in [3.8, 4) is 0 Å². The summed E-state index contributed by atoms with van der Waals surface area (Å²) in [5, 5.41) is 3.57. The van der Waals surface area contributed by atoms with Crippen LogP contribution in [0.5, 0.6) is 0 Å². The maximum absolute atomic E-state index is 12.6. The van der Waals surface area contributed by atoms with Gasteiger partial charge in [0.1, 0.15) is 12.2 Å². The van der Waals surface area contributed by atoms with E-state index in [1.54, 1.807) is 0 Å². The van der Waals surface area contributed by atoms with Crippen LogP contribution in [0.15, 0.2) is 30.3 Å². The Hall–Kier alpha value is -2.32. The Labute approximate surface area is 209 Å². The van der Waals surface area contributed by atoms with Crippen molar-refractivity contribution in [2.75, 3.05) is 45.8 Å². The summed E-state index contributed by atoms with van der Waals surface area (Å²) in [5.74, 6) is 0.503. The summed E-state index contributed by atoms with van der Waals surface area (Å²) >= 11 is 0. The van der Waals surface area contributed by atoms with E-state index >= 15 is 0 Å². The number of carbonyl (C=O) groups excluding carboxylic acids is 2. The molecule has 0 spiro atoms. The molecule has 2 unspecified atom stereocenters. The molecule has 3 saturated heterocycles. The molecule has 35 heavy (non-hydrogen) atoms. The first-order chi connectivity index (χ1) is 16.8. The number of benzene rings is 1. The van der Waals surface area contributed by atoms with Gasteiger partial charge in [0.05, 0.1) is 0 Å². The summed E-state index contributed by atoms with van der Waals surface area (Å²) in [7, 11) is 0. The van der Waals surface area contributed by atoms with Gasteiger partial charge in [0, 0.05) is 57.9 Å². The second kappa shape index (κ2) is 11.6. The highest BCUT2D eigenvalue weighted by Gasteiger charge is 2.36. The van der Waals surface area contributed by atoms with E-state index in [-0.39, 0.29) is 12.2 Å². The molecule has 8 nitrogen and oxygen atoms in total. The van der Waals surface area contributed by atoms with Gasteiger partial charge in [-0.1, -0.05) is 30.3 Å². The lowest BCUT2D eigenvalue weighted by atomic mass is 9.93. The molecule has 3 aliphatic heterocycles. The fourth-order valence-corrected chi connectivity index (χ4v) is 5.57. The third-order valence-corrected chi connectivity index (χ3v) is 7.34. The normalized spacial score (nSPS) is 24.4. The van der Waals surface area contributed by atoms with Crippen LogP contribution < -0.4 is 5.32 Å². The SMILES string of the molecule is CC(C)(C)OC(=O)N1CCC(CC2CNCCN2C2CCN(C(=O)OCc3ccccc3)CC2)C1. The molecule has 4 rings (SSSR count). The average molecular weight is 487 g/mol. The second-order valence-corrected chi connectivity index (χ2v) is 11.2. The molecule has 1 aromatic rings. The zero-order valence-electron chi connectivity index (χ0n) is 21.6. The number of hydrogen-bond acceptors (Lipinski definition) is 6. The van der Waals surface area contributed by atoms with Gasteiger partial charge >= 0.3 is 12.2 Å². The number of ether oxygens (including phenoxy) is 2. The van der Waals surface area contributed by atoms with Crippen LogP contribution >= 0.6 is 0 Å². The van der Waals surface area contributed by atoms with Crippen molar-refractivity contribution >= 4 is 12.2 Å². The summed E-state index contributed by atoms with van der Waals surface area (Å²) in [6, 6.07) is 10.8. The van der Waals surface area contributed by atoms with Crippen molar-refractivity contribution in [3.63, 3.8) is 0 Å². The average Bonchev–Trinajstić information content (AvgIpc) is 3.31. The standard InChI is InChI=1S/C27H42N4O4/c1-27(2,3)35-26(33)30-13-9-22(19-30)17-24-18-28-12-16-31(24)23-10-14-29(15-11-23)25(32)34-20-21-7-5-4-6-8-21/h4-8,22-24,28H,9-20H2,1-3H3. The Morgan fingerprint density at radius 3 is 2.40 bits per heavy atom. The highest BCUT2D eigenvalue weighted by molar-refractivity contribution is 5.68. The third-order valence-electron chi connectivity index (χ3n) is 7.34. The van der Waals surface area contributed by atoms with Crippen molar-refractivity contribution in [2.45, 2.75) is 70.7 Å². The predicted molar refractivity (Wildman–Crippen MR) is 135 cm³/mol. The number of likely N-dealkylation sites (tertiary alicyclic amines) is 2. The van der Waals surface area contributed by atoms with E-state index in [4.69, 9.17) is 9.47 Å². The minimum atomic E-state index is -0.456. The minimum Gasteiger partial charge on any atom is -0.445 e. The minimum absolute atomic E-state index is 0.190. The third kappa shape index (κ3) is 7.34. The molecule has 8 heteroatoms. The van der Waals surface area contributed by atoms with Crippen LogP contribution in [0, 0.1) is 5.92 Å². The Bertz CT molecular complexity index is 835. The van der Waals surface area contributed by atoms with Crippen molar-refractivity contribution < 1.29 is 19.1 Å². The number of rotatable bonds is 5. The Kier molecular flexibility index (Phi) is 8.55. The van der Waals surface area contributed by atoms with Crippen LogP contribution in [0.25, 0.3) is 0 Å². The van der Waals surface area contributed by atoms with E-state index in [0.717, 1.165) is 77.1 Å². The van der Waals surface area contributed by atoms with Crippen LogP contribution in [-0.2, 0) is 16.1 Å². The maximum atomic E-state index is 12.6. The van der Waals surface area contributed by atoms with Crippen LogP contribution in [0.4, 0.5) is 9.59 Å². The molecule has 0 bridgehead atoms. The Morgan fingerprint density at radius 1 is 0.971 bits per heavy atom. The van der Waals surface area contributed by atoms with Crippen LogP contribution in [0.1, 0.15) is 52.0 Å². The van der Waals surface area contributed by atoms with Crippen molar-refractivity contribution in [1.29, 1.82) is 0 Å². The maximum Gasteiger partial charge on any atom is 0.410 e. The number of amides is 2. The molecule has 3 fully saturated rings. The van der Waals surface area contributed by atoms with Gasteiger partial charge in [0.25, 0.3) is 0 Å². The van der Waals surface area contributed by atoms with Crippen LogP contribution in [-0.4, -0.2) is 90.4 Å². The molecule has 0 aromatic heterocycles. The Morgan fingerprint density at radius 2 is 1.69 bits per heavy atom. The second-order valence-electron chi connectivity index (χ2n) is 11.2. The van der Waals surface area contributed by atoms with Crippen LogP contribution in [0.3, 0.4) is 0 Å². The predicted octanol–water partition coefficient (Wildman–Crippen LogP) is 3.71. The molecule has 0 radical (unpaired) electrons. The van der Waals surface area contributed by atoms with E-state index in [1.165, 1.54) is 0 Å². The van der Waals surface area contributed by atoms with Crippen molar-refractivity contribution in [2.24, 2.45) is 5.92 Å². The van der Waals surface area contributed by atoms with Crippen molar-refractivity contribution in [3.05, 3.63) is 35.9 Å². The molecular formula is C27H42N4O4. The first kappa shape index (κ1) is 25.8. The molecule has 194 valence electrons. The first-order valence-corrected chi connectivity index (χ1v) is 13.2. The molecule has 2 atom stereocenters. The van der Waals surface area contributed by atoms with E-state index in [2.05, 4.69) is 10.2 Å². The Balaban J connectivity index is 1.23. The van der Waals surface area contributed by atoms with Crippen LogP contribution in [0.2, 0.25) is 0 Å². The summed E-state index contributed by atoms with van der Waals surface area (Å²) in [5.41, 5.74) is 0.554. The van der Waals surface area contributed by atoms with Gasteiger partial charge in [0.15, 0.2) is 0 Å². The number of hydrogen-bond donors (Lipinski definition) is 1. The fraction of sp³-hybridized carbons (Fsp3) is 0.704. The van der Waals surface area contributed by atoms with E-state index in [1.807, 2.05) is 60.9 Å². The van der Waals surface area contributed by atoms with Gasteiger partial charge in [-0.15, -0.1) is 0 Å². The smallest absolute Gasteiger partial charge is 0.410 e. The number of nitrogens with one attached hydrogen (secondary N) is 1. The lowest BCUT2D eigenvalue weighted by Gasteiger charge is -2.45. The van der Waals surface area contributed by atoms with Gasteiger partial charge in [0.2, 0.25) is 0 Å². The molecule has 3 heterocycles. The number of piperazine rings is 1. The van der Waals surface area contributed by atoms with Gasteiger partial charge in [-0.05, 0) is 57.9 Å². The molecule has 0 saturated carbocycles. The van der Waals surface area contributed by atoms with Crippen molar-refractivity contribution in [1.82, 2.24) is 20.0 Å². The lowest BCUT2D eigenvalue weighted by molar-refractivity contribution is 0.0265. The van der Waals surface area contributed by atoms with Gasteiger partial charge in [-0.25, -0.2) is 9.59 Å².